The van der Waals surface area contributed by atoms with Gasteiger partial charge < -0.3 is 19.5 Å². The van der Waals surface area contributed by atoms with E-state index < -0.39 is 0 Å². The second-order valence-corrected chi connectivity index (χ2v) is 6.65. The van der Waals surface area contributed by atoms with Crippen LogP contribution < -0.4 is 15.4 Å². The second-order valence-electron chi connectivity index (χ2n) is 6.65. The van der Waals surface area contributed by atoms with E-state index in [1.54, 1.807) is 6.07 Å². The molecule has 0 aromatic carbocycles. The highest BCUT2D eigenvalue weighted by molar-refractivity contribution is 5.57. The van der Waals surface area contributed by atoms with Crippen molar-refractivity contribution < 1.29 is 4.74 Å². The SMILES string of the molecule is C[C@@H]1CCC2CN(c3cc(N4CCOCC4)cc(=O)[nH]3)[C@H]21. The largest absolute Gasteiger partial charge is 0.378 e. The number of pyridine rings is 1. The molecule has 1 N–H and O–H groups in total. The summed E-state index contributed by atoms with van der Waals surface area (Å²) in [4.78, 5) is 19.7. The number of fused-ring (bicyclic) bond motifs is 1. The number of nitrogens with zero attached hydrogens (tertiary/aromatic N) is 2. The lowest BCUT2D eigenvalue weighted by molar-refractivity contribution is 0.122. The first kappa shape index (κ1) is 13.2. The van der Waals surface area contributed by atoms with Gasteiger partial charge in [0.25, 0.3) is 5.56 Å². The molecule has 0 spiro atoms. The molecule has 2 saturated heterocycles. The number of aromatic nitrogens is 1. The average molecular weight is 289 g/mol. The van der Waals surface area contributed by atoms with Gasteiger partial charge in [-0.2, -0.15) is 0 Å². The molecule has 4 rings (SSSR count). The van der Waals surface area contributed by atoms with Crippen molar-refractivity contribution in [2.45, 2.75) is 25.8 Å². The van der Waals surface area contributed by atoms with Crippen LogP contribution in [0.4, 0.5) is 11.5 Å². The first-order chi connectivity index (χ1) is 10.2. The van der Waals surface area contributed by atoms with Crippen LogP contribution in [0.5, 0.6) is 0 Å². The van der Waals surface area contributed by atoms with Crippen molar-refractivity contribution in [3.8, 4) is 0 Å². The molecule has 1 aliphatic carbocycles. The van der Waals surface area contributed by atoms with Gasteiger partial charge in [0.2, 0.25) is 0 Å². The lowest BCUT2D eigenvalue weighted by atomic mass is 9.88. The van der Waals surface area contributed by atoms with E-state index in [0.29, 0.717) is 6.04 Å². The average Bonchev–Trinajstić information content (AvgIpc) is 2.73. The zero-order valence-corrected chi connectivity index (χ0v) is 12.5. The molecule has 3 atom stereocenters. The molecule has 0 radical (unpaired) electrons. The van der Waals surface area contributed by atoms with Crippen LogP contribution in [0.1, 0.15) is 19.8 Å². The van der Waals surface area contributed by atoms with E-state index >= 15 is 0 Å². The summed E-state index contributed by atoms with van der Waals surface area (Å²) in [6, 6.07) is 4.48. The van der Waals surface area contributed by atoms with Crippen LogP contribution in [-0.2, 0) is 4.74 Å². The Kier molecular flexibility index (Phi) is 3.17. The number of nitrogens with one attached hydrogen (secondary N) is 1. The monoisotopic (exact) mass is 289 g/mol. The summed E-state index contributed by atoms with van der Waals surface area (Å²) in [7, 11) is 0. The summed E-state index contributed by atoms with van der Waals surface area (Å²) in [6.45, 7) is 6.65. The maximum atomic E-state index is 12.0. The fraction of sp³-hybridized carbons (Fsp3) is 0.688. The fourth-order valence-corrected chi connectivity index (χ4v) is 4.21. The molecule has 1 aromatic heterocycles. The van der Waals surface area contributed by atoms with Gasteiger partial charge in [-0.05, 0) is 24.7 Å². The van der Waals surface area contributed by atoms with Crippen LogP contribution in [-0.4, -0.2) is 43.9 Å². The first-order valence-electron chi connectivity index (χ1n) is 8.06. The lowest BCUT2D eigenvalue weighted by Gasteiger charge is -2.48. The van der Waals surface area contributed by atoms with Crippen molar-refractivity contribution in [2.24, 2.45) is 11.8 Å². The Labute approximate surface area is 124 Å². The second kappa shape index (κ2) is 5.05. The van der Waals surface area contributed by atoms with Crippen LogP contribution in [0.3, 0.4) is 0 Å². The molecule has 21 heavy (non-hydrogen) atoms. The van der Waals surface area contributed by atoms with E-state index in [1.165, 1.54) is 12.8 Å². The Morgan fingerprint density at radius 3 is 2.81 bits per heavy atom. The van der Waals surface area contributed by atoms with Crippen LogP contribution >= 0.6 is 0 Å². The minimum atomic E-state index is 0.00286. The van der Waals surface area contributed by atoms with E-state index in [4.69, 9.17) is 4.74 Å². The van der Waals surface area contributed by atoms with E-state index in [2.05, 4.69) is 27.8 Å². The predicted molar refractivity (Wildman–Crippen MR) is 83.1 cm³/mol. The third-order valence-electron chi connectivity index (χ3n) is 5.35. The van der Waals surface area contributed by atoms with Crippen LogP contribution in [0.2, 0.25) is 0 Å². The normalized spacial score (nSPS) is 32.0. The van der Waals surface area contributed by atoms with Gasteiger partial charge >= 0.3 is 0 Å². The molecule has 0 bridgehead atoms. The number of morpholine rings is 1. The smallest absolute Gasteiger partial charge is 0.251 e. The van der Waals surface area contributed by atoms with Crippen molar-refractivity contribution in [2.75, 3.05) is 42.6 Å². The number of ether oxygens (including phenoxy) is 1. The van der Waals surface area contributed by atoms with E-state index in [1.807, 2.05) is 0 Å². The van der Waals surface area contributed by atoms with Crippen molar-refractivity contribution in [3.63, 3.8) is 0 Å². The first-order valence-corrected chi connectivity index (χ1v) is 8.06. The van der Waals surface area contributed by atoms with Gasteiger partial charge in [-0.25, -0.2) is 0 Å². The molecule has 2 aliphatic heterocycles. The number of H-pyrrole nitrogens is 1. The minimum absolute atomic E-state index is 0.00286. The van der Waals surface area contributed by atoms with Crippen molar-refractivity contribution in [1.29, 1.82) is 0 Å². The third kappa shape index (κ3) is 2.24. The maximum Gasteiger partial charge on any atom is 0.251 e. The quantitative estimate of drug-likeness (QED) is 0.895. The Balaban J connectivity index is 1.61. The fourth-order valence-electron chi connectivity index (χ4n) is 4.21. The molecule has 5 heteroatoms. The van der Waals surface area contributed by atoms with E-state index in [-0.39, 0.29) is 5.56 Å². The summed E-state index contributed by atoms with van der Waals surface area (Å²) < 4.78 is 5.39. The van der Waals surface area contributed by atoms with Crippen LogP contribution in [0, 0.1) is 11.8 Å². The predicted octanol–water partition coefficient (Wildman–Crippen LogP) is 1.45. The topological polar surface area (TPSA) is 48.6 Å². The van der Waals surface area contributed by atoms with Gasteiger partial charge in [0.1, 0.15) is 5.82 Å². The van der Waals surface area contributed by atoms with Gasteiger partial charge in [0.15, 0.2) is 0 Å². The molecule has 3 heterocycles. The zero-order chi connectivity index (χ0) is 14.4. The summed E-state index contributed by atoms with van der Waals surface area (Å²) in [5.74, 6) is 2.56. The van der Waals surface area contributed by atoms with E-state index in [9.17, 15) is 4.79 Å². The lowest BCUT2D eigenvalue weighted by Crippen LogP contribution is -2.56. The molecule has 1 unspecified atom stereocenters. The number of rotatable bonds is 2. The molecule has 1 saturated carbocycles. The molecule has 5 nitrogen and oxygen atoms in total. The van der Waals surface area contributed by atoms with Crippen LogP contribution in [0.25, 0.3) is 0 Å². The van der Waals surface area contributed by atoms with E-state index in [0.717, 1.165) is 56.2 Å². The zero-order valence-electron chi connectivity index (χ0n) is 12.5. The van der Waals surface area contributed by atoms with Gasteiger partial charge in [-0.3, -0.25) is 4.79 Å². The molecular weight excluding hydrogens is 266 g/mol. The highest BCUT2D eigenvalue weighted by Gasteiger charge is 2.46. The Bertz CT molecular complexity index is 573. The Hall–Kier alpha value is -1.49. The highest BCUT2D eigenvalue weighted by atomic mass is 16.5. The molecule has 3 aliphatic rings. The summed E-state index contributed by atoms with van der Waals surface area (Å²) in [5.41, 5.74) is 1.04. The van der Waals surface area contributed by atoms with Gasteiger partial charge in [0, 0.05) is 43.5 Å². The van der Waals surface area contributed by atoms with Crippen LogP contribution in [0.15, 0.2) is 16.9 Å². The standard InChI is InChI=1S/C16H23N3O2/c1-11-2-3-12-10-19(16(11)12)14-8-13(9-15(20)17-14)18-4-6-21-7-5-18/h8-9,11-12,16H,2-7,10H2,1H3,(H,17,20)/t11-,12?,16+/m1/s1. The molecular formula is C16H23N3O2. The maximum absolute atomic E-state index is 12.0. The molecule has 1 aromatic rings. The van der Waals surface area contributed by atoms with Crippen molar-refractivity contribution >= 4 is 11.5 Å². The molecule has 3 fully saturated rings. The number of hydrogen-bond donors (Lipinski definition) is 1. The third-order valence-corrected chi connectivity index (χ3v) is 5.35. The minimum Gasteiger partial charge on any atom is -0.378 e. The van der Waals surface area contributed by atoms with Gasteiger partial charge in [-0.1, -0.05) is 6.92 Å². The van der Waals surface area contributed by atoms with Gasteiger partial charge in [-0.15, -0.1) is 0 Å². The summed E-state index contributed by atoms with van der Waals surface area (Å²) in [5, 5.41) is 0. The molecule has 0 amide bonds. The number of anilines is 2. The number of aromatic amines is 1. The number of hydrogen-bond acceptors (Lipinski definition) is 4. The summed E-state index contributed by atoms with van der Waals surface area (Å²) >= 11 is 0. The van der Waals surface area contributed by atoms with Crippen molar-refractivity contribution in [3.05, 3.63) is 22.5 Å². The summed E-state index contributed by atoms with van der Waals surface area (Å²) in [6.07, 6.45) is 2.66. The highest BCUT2D eigenvalue weighted by Crippen LogP contribution is 2.44. The Morgan fingerprint density at radius 1 is 1.24 bits per heavy atom. The molecule has 114 valence electrons. The Morgan fingerprint density at radius 2 is 2.05 bits per heavy atom. The van der Waals surface area contributed by atoms with Gasteiger partial charge in [0.05, 0.1) is 13.2 Å². The van der Waals surface area contributed by atoms with Crippen molar-refractivity contribution in [1.82, 2.24) is 4.98 Å².